The third kappa shape index (κ3) is 5.27. The molecule has 0 aliphatic rings. The zero-order valence-electron chi connectivity index (χ0n) is 15.0. The molecule has 1 rings (SSSR count). The molecular weight excluding hydrogens is 326 g/mol. The maximum atomic E-state index is 12.3. The summed E-state index contributed by atoms with van der Waals surface area (Å²) in [4.78, 5) is 24.0. The fourth-order valence-corrected chi connectivity index (χ4v) is 2.00. The number of hydrogen-bond donors (Lipinski definition) is 1. The second kappa shape index (κ2) is 10.0. The molecule has 1 N–H and O–H groups in total. The molecule has 7 heteroatoms. The summed E-state index contributed by atoms with van der Waals surface area (Å²) in [5.74, 6) is 0.188. The number of methoxy groups -OCH3 is 4. The number of ether oxygens (including phenoxy) is 4. The molecule has 0 spiro atoms. The molecule has 1 aromatic rings. The zero-order chi connectivity index (χ0) is 18.8. The smallest absolute Gasteiger partial charge is 0.343 e. The summed E-state index contributed by atoms with van der Waals surface area (Å²) < 4.78 is 20.4. The van der Waals surface area contributed by atoms with Crippen molar-refractivity contribution in [3.05, 3.63) is 35.5 Å². The zero-order valence-corrected chi connectivity index (χ0v) is 15.0. The largest absolute Gasteiger partial charge is 0.493 e. The molecule has 7 nitrogen and oxygen atoms in total. The summed E-state index contributed by atoms with van der Waals surface area (Å²) in [5, 5.41) is 2.82. The summed E-state index contributed by atoms with van der Waals surface area (Å²) in [6.45, 7) is 2.42. The number of hydrogen-bond acceptors (Lipinski definition) is 7. The van der Waals surface area contributed by atoms with Gasteiger partial charge in [0.25, 0.3) is 0 Å². The molecule has 1 aromatic carbocycles. The van der Waals surface area contributed by atoms with Gasteiger partial charge in [-0.2, -0.15) is 0 Å². The monoisotopic (exact) mass is 349 g/mol. The summed E-state index contributed by atoms with van der Waals surface area (Å²) in [5.41, 5.74) is 0.559. The maximum absolute atomic E-state index is 12.3. The van der Waals surface area contributed by atoms with Crippen LogP contribution < -0.4 is 19.5 Å². The molecule has 0 fully saturated rings. The van der Waals surface area contributed by atoms with E-state index in [0.717, 1.165) is 0 Å². The molecule has 0 amide bonds. The summed E-state index contributed by atoms with van der Waals surface area (Å²) in [7, 11) is 5.74. The molecule has 0 heterocycles. The highest BCUT2D eigenvalue weighted by Gasteiger charge is 2.17. The topological polar surface area (TPSA) is 83.1 Å². The lowest BCUT2D eigenvalue weighted by Gasteiger charge is -2.12. The highest BCUT2D eigenvalue weighted by Crippen LogP contribution is 2.38. The number of nitrogens with one attached hydrogen (secondary N) is 1. The van der Waals surface area contributed by atoms with Gasteiger partial charge in [-0.1, -0.05) is 6.08 Å². The molecule has 0 bridgehead atoms. The van der Waals surface area contributed by atoms with E-state index in [-0.39, 0.29) is 5.57 Å². The molecule has 0 aliphatic carbocycles. The van der Waals surface area contributed by atoms with Gasteiger partial charge in [0.1, 0.15) is 5.57 Å². The van der Waals surface area contributed by atoms with Crippen LogP contribution in [0.3, 0.4) is 0 Å². The Morgan fingerprint density at radius 3 is 2.08 bits per heavy atom. The molecule has 0 saturated carbocycles. The van der Waals surface area contributed by atoms with Gasteiger partial charge in [0.15, 0.2) is 17.3 Å². The van der Waals surface area contributed by atoms with Crippen molar-refractivity contribution in [3.63, 3.8) is 0 Å². The van der Waals surface area contributed by atoms with Gasteiger partial charge in [0.05, 0.1) is 28.4 Å². The lowest BCUT2D eigenvalue weighted by molar-refractivity contribution is -0.137. The highest BCUT2D eigenvalue weighted by molar-refractivity contribution is 6.22. The minimum Gasteiger partial charge on any atom is -0.493 e. The van der Waals surface area contributed by atoms with E-state index in [1.54, 1.807) is 18.2 Å². The molecule has 0 saturated heterocycles. The summed E-state index contributed by atoms with van der Waals surface area (Å²) >= 11 is 0. The van der Waals surface area contributed by atoms with Crippen molar-refractivity contribution in [2.45, 2.75) is 6.92 Å². The number of benzene rings is 1. The van der Waals surface area contributed by atoms with Crippen LogP contribution in [0, 0.1) is 0 Å². The first-order valence-electron chi connectivity index (χ1n) is 7.56. The lowest BCUT2D eigenvalue weighted by atomic mass is 10.1. The number of carbonyl (C=O) groups is 2. The predicted molar refractivity (Wildman–Crippen MR) is 93.9 cm³/mol. The van der Waals surface area contributed by atoms with Crippen molar-refractivity contribution < 1.29 is 28.5 Å². The molecule has 25 heavy (non-hydrogen) atoms. The molecule has 0 atom stereocenters. The van der Waals surface area contributed by atoms with Gasteiger partial charge >= 0.3 is 5.97 Å². The van der Waals surface area contributed by atoms with Crippen LogP contribution in [0.2, 0.25) is 0 Å². The number of carbonyl (C=O) groups excluding carboxylic acids is 2. The third-order valence-electron chi connectivity index (χ3n) is 3.24. The molecule has 0 aliphatic heterocycles. The lowest BCUT2D eigenvalue weighted by Crippen LogP contribution is -2.17. The van der Waals surface area contributed by atoms with E-state index >= 15 is 0 Å². The van der Waals surface area contributed by atoms with Crippen LogP contribution in [0.5, 0.6) is 17.2 Å². The second-order valence-corrected chi connectivity index (χ2v) is 4.76. The minimum absolute atomic E-state index is 0.0898. The first-order chi connectivity index (χ1) is 12.0. The van der Waals surface area contributed by atoms with Crippen molar-refractivity contribution in [1.82, 2.24) is 5.32 Å². The van der Waals surface area contributed by atoms with Crippen molar-refractivity contribution in [3.8, 4) is 17.2 Å². The number of esters is 1. The van der Waals surface area contributed by atoms with Crippen molar-refractivity contribution >= 4 is 17.8 Å². The van der Waals surface area contributed by atoms with Crippen LogP contribution in [0.4, 0.5) is 0 Å². The van der Waals surface area contributed by atoms with E-state index in [0.29, 0.717) is 29.4 Å². The van der Waals surface area contributed by atoms with Crippen LogP contribution in [-0.2, 0) is 14.3 Å². The second-order valence-electron chi connectivity index (χ2n) is 4.76. The quantitative estimate of drug-likeness (QED) is 0.316. The van der Waals surface area contributed by atoms with E-state index in [2.05, 4.69) is 10.1 Å². The van der Waals surface area contributed by atoms with Gasteiger partial charge in [-0.05, 0) is 30.7 Å². The molecule has 0 aromatic heterocycles. The summed E-state index contributed by atoms with van der Waals surface area (Å²) in [6.07, 6.45) is 4.17. The fourth-order valence-electron chi connectivity index (χ4n) is 2.00. The molecule has 0 unspecified atom stereocenters. The van der Waals surface area contributed by atoms with Gasteiger partial charge in [0, 0.05) is 12.7 Å². The van der Waals surface area contributed by atoms with E-state index < -0.39 is 11.8 Å². The van der Waals surface area contributed by atoms with Crippen molar-refractivity contribution in [1.29, 1.82) is 0 Å². The third-order valence-corrected chi connectivity index (χ3v) is 3.24. The van der Waals surface area contributed by atoms with Crippen LogP contribution in [0.1, 0.15) is 12.5 Å². The van der Waals surface area contributed by atoms with E-state index in [1.807, 2.05) is 6.92 Å². The number of allylic oxidation sites excluding steroid dienone is 1. The van der Waals surface area contributed by atoms with Gasteiger partial charge < -0.3 is 24.3 Å². The first kappa shape index (κ1) is 20.1. The van der Waals surface area contributed by atoms with Gasteiger partial charge in [0.2, 0.25) is 5.75 Å². The summed E-state index contributed by atoms with van der Waals surface area (Å²) in [6, 6.07) is 3.38. The van der Waals surface area contributed by atoms with Gasteiger partial charge in [-0.25, -0.2) is 4.79 Å². The standard InChI is InChI=1S/C18H23NO6/c1-6-19-11-13(18(21)25-5)14(20)8-7-12-9-15(22-2)17(24-4)16(10-12)23-3/h7-11,19H,6H2,1-5H3. The number of ketones is 1. The Balaban J connectivity index is 3.14. The van der Waals surface area contributed by atoms with Gasteiger partial charge in [-0.3, -0.25) is 4.79 Å². The fraction of sp³-hybridized carbons (Fsp3) is 0.333. The Hall–Kier alpha value is -2.96. The van der Waals surface area contributed by atoms with Crippen LogP contribution >= 0.6 is 0 Å². The van der Waals surface area contributed by atoms with Crippen LogP contribution in [0.15, 0.2) is 30.0 Å². The number of rotatable bonds is 9. The Morgan fingerprint density at radius 1 is 1.04 bits per heavy atom. The molecule has 0 radical (unpaired) electrons. The Labute approximate surface area is 147 Å². The molecule has 136 valence electrons. The van der Waals surface area contributed by atoms with Crippen LogP contribution in [-0.4, -0.2) is 46.7 Å². The van der Waals surface area contributed by atoms with Crippen molar-refractivity contribution in [2.24, 2.45) is 0 Å². The first-order valence-corrected chi connectivity index (χ1v) is 7.56. The maximum Gasteiger partial charge on any atom is 0.343 e. The van der Waals surface area contributed by atoms with Gasteiger partial charge in [-0.15, -0.1) is 0 Å². The van der Waals surface area contributed by atoms with Crippen molar-refractivity contribution in [2.75, 3.05) is 35.0 Å². The Kier molecular flexibility index (Phi) is 8.05. The average Bonchev–Trinajstić information content (AvgIpc) is 2.65. The SMILES string of the molecule is CCNC=C(C(=O)C=Cc1cc(OC)c(OC)c(OC)c1)C(=O)OC. The van der Waals surface area contributed by atoms with E-state index in [4.69, 9.17) is 14.2 Å². The average molecular weight is 349 g/mol. The van der Waals surface area contributed by atoms with E-state index in [9.17, 15) is 9.59 Å². The minimum atomic E-state index is -0.708. The predicted octanol–water partition coefficient (Wildman–Crippen LogP) is 1.96. The van der Waals surface area contributed by atoms with Crippen LogP contribution in [0.25, 0.3) is 6.08 Å². The van der Waals surface area contributed by atoms with E-state index in [1.165, 1.54) is 40.7 Å². The normalized spacial score (nSPS) is 11.2. The highest BCUT2D eigenvalue weighted by atomic mass is 16.5. The Morgan fingerprint density at radius 2 is 1.64 bits per heavy atom. The molecular formula is C18H23NO6. The Bertz CT molecular complexity index is 653.